The van der Waals surface area contributed by atoms with Crippen LogP contribution in [0.5, 0.6) is 0 Å². The molecule has 1 saturated carbocycles. The van der Waals surface area contributed by atoms with E-state index in [2.05, 4.69) is 23.3 Å². The van der Waals surface area contributed by atoms with E-state index in [9.17, 15) is 9.18 Å². The van der Waals surface area contributed by atoms with Crippen LogP contribution in [-0.2, 0) is 0 Å². The van der Waals surface area contributed by atoms with Gasteiger partial charge in [-0.2, -0.15) is 0 Å². The van der Waals surface area contributed by atoms with Gasteiger partial charge in [0.1, 0.15) is 5.82 Å². The Kier molecular flexibility index (Phi) is 5.87. The highest BCUT2D eigenvalue weighted by atomic mass is 32.2. The first-order valence-corrected chi connectivity index (χ1v) is 10.7. The van der Waals surface area contributed by atoms with E-state index in [0.29, 0.717) is 22.8 Å². The zero-order valence-electron chi connectivity index (χ0n) is 15.9. The number of nitrogens with one attached hydrogen (secondary N) is 2. The van der Waals surface area contributed by atoms with Crippen molar-refractivity contribution in [2.24, 2.45) is 0 Å². The molecule has 1 aliphatic carbocycles. The fourth-order valence-electron chi connectivity index (χ4n) is 3.97. The molecule has 4 rings (SSSR count). The molecule has 28 heavy (non-hydrogen) atoms. The lowest BCUT2D eigenvalue weighted by Crippen LogP contribution is -2.36. The van der Waals surface area contributed by atoms with Crippen molar-refractivity contribution >= 4 is 22.9 Å². The van der Waals surface area contributed by atoms with Gasteiger partial charge in [-0.25, -0.2) is 9.18 Å². The summed E-state index contributed by atoms with van der Waals surface area (Å²) >= 11 is 1.77. The van der Waals surface area contributed by atoms with E-state index in [1.165, 1.54) is 17.7 Å². The van der Waals surface area contributed by atoms with E-state index in [1.807, 2.05) is 24.3 Å². The topological polar surface area (TPSA) is 58.0 Å². The van der Waals surface area contributed by atoms with Gasteiger partial charge in [-0.3, -0.25) is 4.98 Å². The summed E-state index contributed by atoms with van der Waals surface area (Å²) in [6.45, 7) is 3.14. The Balaban J connectivity index is 1.25. The lowest BCUT2D eigenvalue weighted by molar-refractivity contribution is 0.344. The highest BCUT2D eigenvalue weighted by molar-refractivity contribution is 8.00. The number of hydrogen-bond donors (Lipinski definition) is 2. The molecule has 6 heteroatoms. The number of fused-ring (bicyclic) bond motifs is 1. The summed E-state index contributed by atoms with van der Waals surface area (Å²) in [4.78, 5) is 15.1. The molecule has 0 bridgehead atoms. The van der Waals surface area contributed by atoms with Gasteiger partial charge in [0.15, 0.2) is 5.58 Å². The maximum absolute atomic E-state index is 13.0. The zero-order chi connectivity index (χ0) is 19.5. The highest BCUT2D eigenvalue weighted by Gasteiger charge is 2.23. The molecule has 4 nitrogen and oxygen atoms in total. The average Bonchev–Trinajstić information content (AvgIpc) is 3.08. The molecule has 0 amide bonds. The zero-order valence-corrected chi connectivity index (χ0v) is 16.7. The number of halogens is 1. The van der Waals surface area contributed by atoms with Crippen molar-refractivity contribution < 1.29 is 8.81 Å². The summed E-state index contributed by atoms with van der Waals surface area (Å²) < 4.78 is 18.2. The third-order valence-corrected chi connectivity index (χ3v) is 6.60. The third kappa shape index (κ3) is 4.67. The Labute approximate surface area is 167 Å². The van der Waals surface area contributed by atoms with Crippen LogP contribution in [0.25, 0.3) is 11.1 Å². The van der Waals surface area contributed by atoms with Crippen LogP contribution in [0.15, 0.2) is 56.6 Å². The standard InChI is InChI=1S/C22H25FN2O2S/c1-14(28-19-9-5-17(23)6-10-19)13-24-18-7-2-15(3-8-18)16-4-11-20-21(12-16)27-22(26)25-20/h4-6,9-12,14-15,18,24H,2-3,7-8,13H2,1H3,(H,25,26). The number of hydrogen-bond acceptors (Lipinski definition) is 4. The van der Waals surface area contributed by atoms with Crippen molar-refractivity contribution in [3.63, 3.8) is 0 Å². The molecule has 1 heterocycles. The van der Waals surface area contributed by atoms with Crippen molar-refractivity contribution in [3.8, 4) is 0 Å². The fourth-order valence-corrected chi connectivity index (χ4v) is 4.90. The van der Waals surface area contributed by atoms with Crippen molar-refractivity contribution in [2.45, 2.75) is 54.7 Å². The number of H-pyrrole nitrogens is 1. The van der Waals surface area contributed by atoms with Crippen LogP contribution in [0.4, 0.5) is 4.39 Å². The SMILES string of the molecule is CC(CNC1CCC(c2ccc3[nH]c(=O)oc3c2)CC1)Sc1ccc(F)cc1. The van der Waals surface area contributed by atoms with Gasteiger partial charge >= 0.3 is 5.76 Å². The first kappa shape index (κ1) is 19.3. The molecule has 148 valence electrons. The van der Waals surface area contributed by atoms with E-state index in [-0.39, 0.29) is 5.82 Å². The van der Waals surface area contributed by atoms with Gasteiger partial charge in [0.2, 0.25) is 0 Å². The maximum Gasteiger partial charge on any atom is 0.417 e. The van der Waals surface area contributed by atoms with Crippen molar-refractivity contribution in [1.82, 2.24) is 10.3 Å². The molecule has 0 spiro atoms. The van der Waals surface area contributed by atoms with E-state index < -0.39 is 5.76 Å². The van der Waals surface area contributed by atoms with Crippen molar-refractivity contribution in [1.29, 1.82) is 0 Å². The smallest absolute Gasteiger partial charge is 0.408 e. The molecule has 0 aliphatic heterocycles. The minimum Gasteiger partial charge on any atom is -0.408 e. The first-order chi connectivity index (χ1) is 13.6. The van der Waals surface area contributed by atoms with Crippen LogP contribution in [0, 0.1) is 5.82 Å². The predicted molar refractivity (Wildman–Crippen MR) is 112 cm³/mol. The first-order valence-electron chi connectivity index (χ1n) is 9.85. The Bertz CT molecular complexity index is 974. The van der Waals surface area contributed by atoms with Gasteiger partial charge in [0, 0.05) is 22.7 Å². The Morgan fingerprint density at radius 1 is 1.18 bits per heavy atom. The molecule has 3 aromatic rings. The molecular formula is C22H25FN2O2S. The van der Waals surface area contributed by atoms with Crippen LogP contribution in [0.3, 0.4) is 0 Å². The summed E-state index contributed by atoms with van der Waals surface area (Å²) in [5.74, 6) is -0.0639. The van der Waals surface area contributed by atoms with Crippen molar-refractivity contribution in [3.05, 3.63) is 64.4 Å². The Morgan fingerprint density at radius 3 is 2.68 bits per heavy atom. The molecule has 1 fully saturated rings. The number of aromatic amines is 1. The van der Waals surface area contributed by atoms with E-state index in [0.717, 1.165) is 42.6 Å². The summed E-state index contributed by atoms with van der Waals surface area (Å²) in [6, 6.07) is 13.3. The van der Waals surface area contributed by atoms with E-state index in [1.54, 1.807) is 11.8 Å². The van der Waals surface area contributed by atoms with Gasteiger partial charge in [0.05, 0.1) is 5.52 Å². The number of benzene rings is 2. The summed E-state index contributed by atoms with van der Waals surface area (Å²) in [5, 5.41) is 4.13. The van der Waals surface area contributed by atoms with Gasteiger partial charge in [-0.1, -0.05) is 13.0 Å². The van der Waals surface area contributed by atoms with Crippen LogP contribution >= 0.6 is 11.8 Å². The van der Waals surface area contributed by atoms with Crippen LogP contribution in [0.1, 0.15) is 44.1 Å². The Morgan fingerprint density at radius 2 is 1.93 bits per heavy atom. The monoisotopic (exact) mass is 400 g/mol. The van der Waals surface area contributed by atoms with E-state index >= 15 is 0 Å². The molecule has 2 aromatic carbocycles. The second-order valence-electron chi connectivity index (χ2n) is 7.61. The molecule has 1 atom stereocenters. The van der Waals surface area contributed by atoms with Gasteiger partial charge in [-0.15, -0.1) is 11.8 Å². The minimum absolute atomic E-state index is 0.190. The molecule has 0 saturated heterocycles. The fraction of sp³-hybridized carbons (Fsp3) is 0.409. The van der Waals surface area contributed by atoms with Crippen LogP contribution in [0.2, 0.25) is 0 Å². The molecule has 1 aliphatic rings. The second kappa shape index (κ2) is 8.53. The van der Waals surface area contributed by atoms with Crippen molar-refractivity contribution in [2.75, 3.05) is 6.54 Å². The van der Waals surface area contributed by atoms with Gasteiger partial charge < -0.3 is 9.73 Å². The molecule has 1 aromatic heterocycles. The minimum atomic E-state index is -0.396. The largest absolute Gasteiger partial charge is 0.417 e. The third-order valence-electron chi connectivity index (χ3n) is 5.49. The molecule has 2 N–H and O–H groups in total. The van der Waals surface area contributed by atoms with Gasteiger partial charge in [0.25, 0.3) is 0 Å². The Hall–Kier alpha value is -2.05. The predicted octanol–water partition coefficient (Wildman–Crippen LogP) is 5.06. The van der Waals surface area contributed by atoms with Gasteiger partial charge in [-0.05, 0) is 73.6 Å². The van der Waals surface area contributed by atoms with Crippen LogP contribution < -0.4 is 11.1 Å². The number of thioether (sulfide) groups is 1. The lowest BCUT2D eigenvalue weighted by Gasteiger charge is -2.30. The number of aromatic nitrogens is 1. The quantitative estimate of drug-likeness (QED) is 0.568. The second-order valence-corrected chi connectivity index (χ2v) is 9.12. The number of rotatable bonds is 6. The molecule has 1 unspecified atom stereocenters. The summed E-state index contributed by atoms with van der Waals surface area (Å²) in [7, 11) is 0. The number of oxazole rings is 1. The maximum atomic E-state index is 13.0. The highest BCUT2D eigenvalue weighted by Crippen LogP contribution is 2.34. The molecule has 0 radical (unpaired) electrons. The average molecular weight is 401 g/mol. The summed E-state index contributed by atoms with van der Waals surface area (Å²) in [6.07, 6.45) is 4.57. The normalized spacial score (nSPS) is 21.1. The van der Waals surface area contributed by atoms with E-state index in [4.69, 9.17) is 4.42 Å². The molecular weight excluding hydrogens is 375 g/mol. The summed E-state index contributed by atoms with van der Waals surface area (Å²) in [5.41, 5.74) is 2.67. The lowest BCUT2D eigenvalue weighted by atomic mass is 9.81. The van der Waals surface area contributed by atoms with Crippen LogP contribution in [-0.4, -0.2) is 22.8 Å².